The first-order chi connectivity index (χ1) is 8.75. The lowest BCUT2D eigenvalue weighted by atomic mass is 9.67. The Morgan fingerprint density at radius 2 is 1.22 bits per heavy atom. The van der Waals surface area contributed by atoms with Crippen molar-refractivity contribution in [2.24, 2.45) is 35.5 Å². The highest BCUT2D eigenvalue weighted by Gasteiger charge is 2.42. The molecule has 0 heterocycles. The highest BCUT2D eigenvalue weighted by atomic mass is 14.5. The molecule has 0 nitrogen and oxygen atoms in total. The molecule has 3 saturated carbocycles. The van der Waals surface area contributed by atoms with Crippen LogP contribution in [0.1, 0.15) is 78.1 Å². The van der Waals surface area contributed by atoms with Crippen molar-refractivity contribution in [1.29, 1.82) is 0 Å². The van der Waals surface area contributed by atoms with Crippen molar-refractivity contribution in [3.05, 3.63) is 0 Å². The van der Waals surface area contributed by atoms with Gasteiger partial charge in [0.05, 0.1) is 0 Å². The number of fused-ring (bicyclic) bond motifs is 1. The molecule has 3 rings (SSSR count). The molecule has 0 aromatic carbocycles. The zero-order valence-electron chi connectivity index (χ0n) is 12.5. The van der Waals surface area contributed by atoms with E-state index >= 15 is 0 Å². The molecule has 3 fully saturated rings. The van der Waals surface area contributed by atoms with Gasteiger partial charge in [-0.2, -0.15) is 0 Å². The van der Waals surface area contributed by atoms with Gasteiger partial charge in [0.15, 0.2) is 0 Å². The molecule has 0 spiro atoms. The lowest BCUT2D eigenvalue weighted by Gasteiger charge is -2.38. The Morgan fingerprint density at radius 1 is 0.667 bits per heavy atom. The van der Waals surface area contributed by atoms with Crippen molar-refractivity contribution in [3.63, 3.8) is 0 Å². The third-order valence-electron chi connectivity index (χ3n) is 6.61. The SMILES string of the molecule is CC(C)C1CCCCC1C1CC2CCCCC2C1. The molecule has 0 aliphatic heterocycles. The first kappa shape index (κ1) is 13.0. The summed E-state index contributed by atoms with van der Waals surface area (Å²) in [4.78, 5) is 0. The Kier molecular flexibility index (Phi) is 4.01. The van der Waals surface area contributed by atoms with Gasteiger partial charge >= 0.3 is 0 Å². The molecular weight excluding hydrogens is 216 g/mol. The average Bonchev–Trinajstić information content (AvgIpc) is 2.82. The second-order valence-corrected chi connectivity index (χ2v) is 7.89. The fourth-order valence-electron chi connectivity index (χ4n) is 5.73. The number of hydrogen-bond acceptors (Lipinski definition) is 0. The summed E-state index contributed by atoms with van der Waals surface area (Å²) >= 11 is 0. The fraction of sp³-hybridized carbons (Fsp3) is 1.00. The van der Waals surface area contributed by atoms with Gasteiger partial charge in [-0.3, -0.25) is 0 Å². The molecule has 104 valence electrons. The minimum Gasteiger partial charge on any atom is -0.0625 e. The summed E-state index contributed by atoms with van der Waals surface area (Å²) in [6, 6.07) is 0. The van der Waals surface area contributed by atoms with Gasteiger partial charge in [-0.15, -0.1) is 0 Å². The van der Waals surface area contributed by atoms with Crippen molar-refractivity contribution < 1.29 is 0 Å². The lowest BCUT2D eigenvalue weighted by Crippen LogP contribution is -2.29. The molecule has 3 aliphatic carbocycles. The van der Waals surface area contributed by atoms with E-state index < -0.39 is 0 Å². The monoisotopic (exact) mass is 248 g/mol. The van der Waals surface area contributed by atoms with Crippen molar-refractivity contribution in [2.75, 3.05) is 0 Å². The zero-order chi connectivity index (χ0) is 12.5. The number of rotatable bonds is 2. The summed E-state index contributed by atoms with van der Waals surface area (Å²) in [7, 11) is 0. The van der Waals surface area contributed by atoms with E-state index in [1.807, 2.05) is 0 Å². The molecule has 3 aliphatic rings. The first-order valence-corrected chi connectivity index (χ1v) is 8.75. The lowest BCUT2D eigenvalue weighted by molar-refractivity contribution is 0.119. The van der Waals surface area contributed by atoms with E-state index in [1.165, 1.54) is 32.1 Å². The minimum atomic E-state index is 0.929. The molecule has 4 unspecified atom stereocenters. The van der Waals surface area contributed by atoms with Crippen LogP contribution in [0.5, 0.6) is 0 Å². The molecule has 0 saturated heterocycles. The van der Waals surface area contributed by atoms with Crippen LogP contribution in [0.4, 0.5) is 0 Å². The summed E-state index contributed by atoms with van der Waals surface area (Å²) in [6.07, 6.45) is 15.6. The van der Waals surface area contributed by atoms with E-state index in [0.29, 0.717) is 0 Å². The van der Waals surface area contributed by atoms with Gasteiger partial charge in [0, 0.05) is 0 Å². The summed E-state index contributed by atoms with van der Waals surface area (Å²) in [5.41, 5.74) is 0. The smallest absolute Gasteiger partial charge is 0.0355 e. The molecule has 0 radical (unpaired) electrons. The maximum Gasteiger partial charge on any atom is -0.0355 e. The minimum absolute atomic E-state index is 0.929. The molecule has 0 N–H and O–H groups in total. The summed E-state index contributed by atoms with van der Waals surface area (Å²) in [5.74, 6) is 6.48. The van der Waals surface area contributed by atoms with Gasteiger partial charge in [-0.25, -0.2) is 0 Å². The van der Waals surface area contributed by atoms with Gasteiger partial charge in [-0.1, -0.05) is 52.4 Å². The predicted octanol–water partition coefficient (Wildman–Crippen LogP) is 5.67. The Labute approximate surface area is 114 Å². The average molecular weight is 248 g/mol. The van der Waals surface area contributed by atoms with Crippen LogP contribution in [0.2, 0.25) is 0 Å². The molecule has 4 atom stereocenters. The highest BCUT2D eigenvalue weighted by molar-refractivity contribution is 4.92. The van der Waals surface area contributed by atoms with Crippen LogP contribution in [-0.4, -0.2) is 0 Å². The van der Waals surface area contributed by atoms with Crippen LogP contribution in [0.25, 0.3) is 0 Å². The van der Waals surface area contributed by atoms with Crippen molar-refractivity contribution in [2.45, 2.75) is 78.1 Å². The van der Waals surface area contributed by atoms with Crippen LogP contribution in [0.3, 0.4) is 0 Å². The Balaban J connectivity index is 1.66. The highest BCUT2D eigenvalue weighted by Crippen LogP contribution is 2.52. The van der Waals surface area contributed by atoms with Gasteiger partial charge < -0.3 is 0 Å². The summed E-state index contributed by atoms with van der Waals surface area (Å²) in [6.45, 7) is 4.95. The molecular formula is C18H32. The van der Waals surface area contributed by atoms with Gasteiger partial charge in [0.1, 0.15) is 0 Å². The Hall–Kier alpha value is 0. The van der Waals surface area contributed by atoms with Crippen LogP contribution in [0.15, 0.2) is 0 Å². The first-order valence-electron chi connectivity index (χ1n) is 8.75. The summed E-state index contributed by atoms with van der Waals surface area (Å²) < 4.78 is 0. The van der Waals surface area contributed by atoms with E-state index in [9.17, 15) is 0 Å². The largest absolute Gasteiger partial charge is 0.0625 e. The van der Waals surface area contributed by atoms with E-state index in [4.69, 9.17) is 0 Å². The van der Waals surface area contributed by atoms with E-state index in [0.717, 1.165) is 35.5 Å². The molecule has 0 heteroatoms. The third-order valence-corrected chi connectivity index (χ3v) is 6.61. The molecule has 0 amide bonds. The standard InChI is InChI=1S/C18H32/c1-13(2)17-9-5-6-10-18(17)16-11-14-7-3-4-8-15(14)12-16/h13-18H,3-12H2,1-2H3. The quantitative estimate of drug-likeness (QED) is 0.591. The van der Waals surface area contributed by atoms with E-state index in [2.05, 4.69) is 13.8 Å². The predicted molar refractivity (Wildman–Crippen MR) is 78.5 cm³/mol. The van der Waals surface area contributed by atoms with Crippen molar-refractivity contribution >= 4 is 0 Å². The molecule has 18 heavy (non-hydrogen) atoms. The summed E-state index contributed by atoms with van der Waals surface area (Å²) in [5, 5.41) is 0. The Bertz CT molecular complexity index is 253. The van der Waals surface area contributed by atoms with Crippen LogP contribution >= 0.6 is 0 Å². The fourth-order valence-corrected chi connectivity index (χ4v) is 5.73. The van der Waals surface area contributed by atoms with Crippen LogP contribution in [0, 0.1) is 35.5 Å². The molecule has 0 aromatic heterocycles. The Morgan fingerprint density at radius 3 is 1.83 bits per heavy atom. The van der Waals surface area contributed by atoms with Crippen molar-refractivity contribution in [3.8, 4) is 0 Å². The second-order valence-electron chi connectivity index (χ2n) is 7.89. The van der Waals surface area contributed by atoms with Gasteiger partial charge in [0.25, 0.3) is 0 Å². The molecule has 0 aromatic rings. The maximum absolute atomic E-state index is 2.48. The van der Waals surface area contributed by atoms with Crippen molar-refractivity contribution in [1.82, 2.24) is 0 Å². The maximum atomic E-state index is 2.48. The second kappa shape index (κ2) is 5.55. The number of hydrogen-bond donors (Lipinski definition) is 0. The van der Waals surface area contributed by atoms with E-state index in [-0.39, 0.29) is 0 Å². The van der Waals surface area contributed by atoms with Crippen LogP contribution in [-0.2, 0) is 0 Å². The molecule has 0 bridgehead atoms. The van der Waals surface area contributed by atoms with Crippen LogP contribution < -0.4 is 0 Å². The normalized spacial score (nSPS) is 45.2. The zero-order valence-corrected chi connectivity index (χ0v) is 12.5. The third kappa shape index (κ3) is 2.49. The topological polar surface area (TPSA) is 0 Å². The van der Waals surface area contributed by atoms with Gasteiger partial charge in [0.2, 0.25) is 0 Å². The van der Waals surface area contributed by atoms with Gasteiger partial charge in [-0.05, 0) is 61.2 Å². The van der Waals surface area contributed by atoms with E-state index in [1.54, 1.807) is 32.1 Å².